The molecular formula is C16H23FN2O2. The molecule has 1 aromatic carbocycles. The van der Waals surface area contributed by atoms with Crippen molar-refractivity contribution in [2.45, 2.75) is 51.2 Å². The second-order valence-electron chi connectivity index (χ2n) is 5.90. The highest BCUT2D eigenvalue weighted by Crippen LogP contribution is 2.27. The van der Waals surface area contributed by atoms with E-state index in [2.05, 4.69) is 10.6 Å². The van der Waals surface area contributed by atoms with Crippen molar-refractivity contribution in [2.75, 3.05) is 6.54 Å². The topological polar surface area (TPSA) is 61.4 Å². The SMILES string of the molecule is Cc1ccc(CNC(=O)NCC2(O)CCCCC2)cc1F. The van der Waals surface area contributed by atoms with Crippen molar-refractivity contribution in [3.63, 3.8) is 0 Å². The van der Waals surface area contributed by atoms with Gasteiger partial charge in [-0.25, -0.2) is 9.18 Å². The van der Waals surface area contributed by atoms with Crippen molar-refractivity contribution in [2.24, 2.45) is 0 Å². The van der Waals surface area contributed by atoms with Crippen LogP contribution in [0.15, 0.2) is 18.2 Å². The fraction of sp³-hybridized carbons (Fsp3) is 0.562. The second-order valence-corrected chi connectivity index (χ2v) is 5.90. The van der Waals surface area contributed by atoms with Gasteiger partial charge in [0.2, 0.25) is 0 Å². The highest BCUT2D eigenvalue weighted by atomic mass is 19.1. The molecule has 2 rings (SSSR count). The number of benzene rings is 1. The molecule has 0 aliphatic heterocycles. The van der Waals surface area contributed by atoms with E-state index in [1.165, 1.54) is 6.07 Å². The molecule has 0 saturated heterocycles. The third-order valence-electron chi connectivity index (χ3n) is 4.05. The Labute approximate surface area is 124 Å². The normalized spacial score (nSPS) is 17.3. The fourth-order valence-corrected chi connectivity index (χ4v) is 2.62. The van der Waals surface area contributed by atoms with Crippen molar-refractivity contribution in [3.8, 4) is 0 Å². The summed E-state index contributed by atoms with van der Waals surface area (Å²) in [6.45, 7) is 2.23. The largest absolute Gasteiger partial charge is 0.388 e. The van der Waals surface area contributed by atoms with Gasteiger partial charge in [-0.3, -0.25) is 0 Å². The number of aliphatic hydroxyl groups is 1. The predicted octanol–water partition coefficient (Wildman–Crippen LogP) is 2.63. The van der Waals surface area contributed by atoms with Crippen LogP contribution in [0.2, 0.25) is 0 Å². The first-order valence-corrected chi connectivity index (χ1v) is 7.48. The van der Waals surface area contributed by atoms with Gasteiger partial charge in [-0.05, 0) is 37.0 Å². The van der Waals surface area contributed by atoms with E-state index in [0.717, 1.165) is 32.1 Å². The van der Waals surface area contributed by atoms with E-state index in [1.54, 1.807) is 19.1 Å². The van der Waals surface area contributed by atoms with Gasteiger partial charge in [0.15, 0.2) is 0 Å². The molecule has 1 aliphatic carbocycles. The van der Waals surface area contributed by atoms with Gasteiger partial charge in [0.25, 0.3) is 0 Å². The van der Waals surface area contributed by atoms with Gasteiger partial charge >= 0.3 is 6.03 Å². The van der Waals surface area contributed by atoms with Crippen LogP contribution in [0.5, 0.6) is 0 Å². The van der Waals surface area contributed by atoms with Crippen molar-refractivity contribution >= 4 is 6.03 Å². The molecule has 1 saturated carbocycles. The average molecular weight is 294 g/mol. The van der Waals surface area contributed by atoms with Crippen molar-refractivity contribution in [1.29, 1.82) is 0 Å². The Hall–Kier alpha value is -1.62. The Morgan fingerprint density at radius 1 is 1.29 bits per heavy atom. The van der Waals surface area contributed by atoms with E-state index < -0.39 is 5.60 Å². The smallest absolute Gasteiger partial charge is 0.315 e. The van der Waals surface area contributed by atoms with Crippen LogP contribution in [0.4, 0.5) is 9.18 Å². The third kappa shape index (κ3) is 4.70. The highest BCUT2D eigenvalue weighted by molar-refractivity contribution is 5.73. The minimum Gasteiger partial charge on any atom is -0.388 e. The van der Waals surface area contributed by atoms with Gasteiger partial charge in [-0.1, -0.05) is 31.4 Å². The van der Waals surface area contributed by atoms with E-state index in [4.69, 9.17) is 0 Å². The number of aryl methyl sites for hydroxylation is 1. The maximum absolute atomic E-state index is 13.4. The molecule has 4 nitrogen and oxygen atoms in total. The van der Waals surface area contributed by atoms with Crippen molar-refractivity contribution in [1.82, 2.24) is 10.6 Å². The maximum atomic E-state index is 13.4. The molecule has 0 radical (unpaired) electrons. The molecule has 1 aliphatic rings. The number of carbonyl (C=O) groups is 1. The lowest BCUT2D eigenvalue weighted by molar-refractivity contribution is 0.00719. The molecule has 0 atom stereocenters. The number of urea groups is 1. The summed E-state index contributed by atoms with van der Waals surface area (Å²) >= 11 is 0. The first-order valence-electron chi connectivity index (χ1n) is 7.48. The Kier molecular flexibility index (Phi) is 5.17. The molecule has 116 valence electrons. The molecule has 0 aromatic heterocycles. The van der Waals surface area contributed by atoms with Crippen molar-refractivity contribution < 1.29 is 14.3 Å². The fourth-order valence-electron chi connectivity index (χ4n) is 2.62. The first kappa shape index (κ1) is 15.8. The number of nitrogens with one attached hydrogen (secondary N) is 2. The summed E-state index contributed by atoms with van der Waals surface area (Å²) in [4.78, 5) is 11.7. The van der Waals surface area contributed by atoms with Crippen LogP contribution in [0.1, 0.15) is 43.2 Å². The predicted molar refractivity (Wildman–Crippen MR) is 79.4 cm³/mol. The van der Waals surface area contributed by atoms with E-state index in [9.17, 15) is 14.3 Å². The van der Waals surface area contributed by atoms with E-state index in [-0.39, 0.29) is 24.9 Å². The van der Waals surface area contributed by atoms with Gasteiger partial charge in [-0.15, -0.1) is 0 Å². The molecule has 1 fully saturated rings. The molecule has 5 heteroatoms. The molecule has 0 unspecified atom stereocenters. The first-order chi connectivity index (χ1) is 9.98. The van der Waals surface area contributed by atoms with Crippen LogP contribution >= 0.6 is 0 Å². The summed E-state index contributed by atoms with van der Waals surface area (Å²) in [7, 11) is 0. The lowest BCUT2D eigenvalue weighted by atomic mass is 9.85. The zero-order valence-corrected chi connectivity index (χ0v) is 12.4. The number of amides is 2. The molecule has 3 N–H and O–H groups in total. The Balaban J connectivity index is 1.75. The summed E-state index contributed by atoms with van der Waals surface area (Å²) < 4.78 is 13.4. The number of rotatable bonds is 4. The van der Waals surface area contributed by atoms with Crippen LogP contribution in [-0.2, 0) is 6.54 Å². The van der Waals surface area contributed by atoms with Crippen LogP contribution in [0.25, 0.3) is 0 Å². The Morgan fingerprint density at radius 3 is 2.67 bits per heavy atom. The van der Waals surface area contributed by atoms with E-state index in [0.29, 0.717) is 11.1 Å². The summed E-state index contributed by atoms with van der Waals surface area (Å²) in [5, 5.41) is 15.7. The molecule has 0 bridgehead atoms. The summed E-state index contributed by atoms with van der Waals surface area (Å²) in [5.74, 6) is -0.272. The van der Waals surface area contributed by atoms with Gasteiger partial charge in [0.05, 0.1) is 5.60 Å². The lowest BCUT2D eigenvalue weighted by Crippen LogP contribution is -2.47. The molecule has 0 heterocycles. The third-order valence-corrected chi connectivity index (χ3v) is 4.05. The van der Waals surface area contributed by atoms with E-state index >= 15 is 0 Å². The second kappa shape index (κ2) is 6.89. The molecule has 2 amide bonds. The van der Waals surface area contributed by atoms with Gasteiger partial charge < -0.3 is 15.7 Å². The number of carbonyl (C=O) groups excluding carboxylic acids is 1. The number of halogens is 1. The minimum atomic E-state index is -0.772. The van der Waals surface area contributed by atoms with Crippen LogP contribution in [0, 0.1) is 12.7 Å². The van der Waals surface area contributed by atoms with Crippen LogP contribution in [-0.4, -0.2) is 23.3 Å². The summed E-state index contributed by atoms with van der Waals surface area (Å²) in [5.41, 5.74) is 0.526. The van der Waals surface area contributed by atoms with Gasteiger partial charge in [0.1, 0.15) is 5.82 Å². The van der Waals surface area contributed by atoms with Crippen LogP contribution in [0.3, 0.4) is 0 Å². The molecule has 0 spiro atoms. The quantitative estimate of drug-likeness (QED) is 0.799. The zero-order valence-electron chi connectivity index (χ0n) is 12.4. The molecule has 1 aromatic rings. The van der Waals surface area contributed by atoms with Crippen molar-refractivity contribution in [3.05, 3.63) is 35.1 Å². The number of hydrogen-bond acceptors (Lipinski definition) is 2. The minimum absolute atomic E-state index is 0.265. The maximum Gasteiger partial charge on any atom is 0.315 e. The summed E-state index contributed by atoms with van der Waals surface area (Å²) in [6.07, 6.45) is 4.62. The average Bonchev–Trinajstić information content (AvgIpc) is 2.47. The van der Waals surface area contributed by atoms with Gasteiger partial charge in [-0.2, -0.15) is 0 Å². The lowest BCUT2D eigenvalue weighted by Gasteiger charge is -2.32. The number of hydrogen-bond donors (Lipinski definition) is 3. The standard InChI is InChI=1S/C16H23FN2O2/c1-12-5-6-13(9-14(12)17)10-18-15(20)19-11-16(21)7-3-2-4-8-16/h5-6,9,21H,2-4,7-8,10-11H2,1H3,(H2,18,19,20). The van der Waals surface area contributed by atoms with Gasteiger partial charge in [0, 0.05) is 13.1 Å². The highest BCUT2D eigenvalue weighted by Gasteiger charge is 2.29. The molecule has 21 heavy (non-hydrogen) atoms. The zero-order chi connectivity index (χ0) is 15.3. The molecular weight excluding hydrogens is 271 g/mol. The monoisotopic (exact) mass is 294 g/mol. The van der Waals surface area contributed by atoms with E-state index in [1.807, 2.05) is 0 Å². The summed E-state index contributed by atoms with van der Waals surface area (Å²) in [6, 6.07) is 4.56. The van der Waals surface area contributed by atoms with Crippen LogP contribution < -0.4 is 10.6 Å². The Bertz CT molecular complexity index is 499. The Morgan fingerprint density at radius 2 is 2.00 bits per heavy atom.